The van der Waals surface area contributed by atoms with Crippen LogP contribution in [0, 0.1) is 0 Å². The number of pyridine rings is 1. The first kappa shape index (κ1) is 21.4. The van der Waals surface area contributed by atoms with Crippen LogP contribution in [-0.2, 0) is 11.3 Å². The predicted octanol–water partition coefficient (Wildman–Crippen LogP) is 1.29. The van der Waals surface area contributed by atoms with Crippen molar-refractivity contribution < 1.29 is 9.53 Å². The number of nitrogens with zero attached hydrogens (tertiary/aromatic N) is 2. The molecule has 130 valence electrons. The van der Waals surface area contributed by atoms with Crippen LogP contribution in [0.5, 0.6) is 5.88 Å². The molecule has 1 rings (SSSR count). The number of methoxy groups -OCH3 is 1. The number of aromatic nitrogens is 1. The molecule has 1 amide bonds. The van der Waals surface area contributed by atoms with E-state index in [4.69, 9.17) is 4.74 Å². The second kappa shape index (κ2) is 10.2. The largest absolute Gasteiger partial charge is 0.481 e. The van der Waals surface area contributed by atoms with Gasteiger partial charge >= 0.3 is 0 Å². The summed E-state index contributed by atoms with van der Waals surface area (Å²) in [6, 6.07) is 3.75. The van der Waals surface area contributed by atoms with Crippen LogP contribution in [0.2, 0.25) is 0 Å². The number of hydrogen-bond acceptors (Lipinski definition) is 4. The van der Waals surface area contributed by atoms with Gasteiger partial charge in [0, 0.05) is 30.9 Å². The quantitative estimate of drug-likeness (QED) is 0.369. The number of halogens is 1. The molecule has 0 radical (unpaired) electrons. The molecule has 7 nitrogen and oxygen atoms in total. The smallest absolute Gasteiger partial charge is 0.239 e. The van der Waals surface area contributed by atoms with Crippen molar-refractivity contribution in [3.63, 3.8) is 0 Å². The normalized spacial score (nSPS) is 11.3. The fraction of sp³-hybridized carbons (Fsp3) is 0.533. The van der Waals surface area contributed by atoms with Gasteiger partial charge < -0.3 is 20.7 Å². The van der Waals surface area contributed by atoms with Crippen LogP contribution in [-0.4, -0.2) is 43.1 Å². The maximum absolute atomic E-state index is 11.8. The van der Waals surface area contributed by atoms with Crippen LogP contribution in [0.3, 0.4) is 0 Å². The molecular weight excluding hydrogens is 409 g/mol. The van der Waals surface area contributed by atoms with Crippen LogP contribution in [0.25, 0.3) is 0 Å². The van der Waals surface area contributed by atoms with Gasteiger partial charge in [-0.3, -0.25) is 9.79 Å². The fourth-order valence-electron chi connectivity index (χ4n) is 1.77. The van der Waals surface area contributed by atoms with E-state index < -0.39 is 0 Å². The lowest BCUT2D eigenvalue weighted by atomic mass is 10.1. The van der Waals surface area contributed by atoms with Gasteiger partial charge in [-0.2, -0.15) is 0 Å². The van der Waals surface area contributed by atoms with Crippen LogP contribution >= 0.6 is 24.0 Å². The van der Waals surface area contributed by atoms with E-state index in [0.717, 1.165) is 5.56 Å². The third kappa shape index (κ3) is 8.58. The van der Waals surface area contributed by atoms with Crippen molar-refractivity contribution in [1.82, 2.24) is 20.9 Å². The van der Waals surface area contributed by atoms with Crippen molar-refractivity contribution in [2.45, 2.75) is 32.9 Å². The fourth-order valence-corrected chi connectivity index (χ4v) is 1.77. The highest BCUT2D eigenvalue weighted by Gasteiger charge is 2.13. The highest BCUT2D eigenvalue weighted by Crippen LogP contribution is 2.12. The zero-order valence-corrected chi connectivity index (χ0v) is 16.6. The van der Waals surface area contributed by atoms with Crippen molar-refractivity contribution in [2.24, 2.45) is 4.99 Å². The first-order valence-electron chi connectivity index (χ1n) is 7.09. The number of hydrogen-bond donors (Lipinski definition) is 3. The Morgan fingerprint density at radius 2 is 2.04 bits per heavy atom. The second-order valence-corrected chi connectivity index (χ2v) is 5.75. The molecule has 1 aromatic heterocycles. The number of ether oxygens (including phenoxy) is 1. The third-order valence-electron chi connectivity index (χ3n) is 2.64. The summed E-state index contributed by atoms with van der Waals surface area (Å²) >= 11 is 0. The number of carbonyl (C=O) groups is 1. The Morgan fingerprint density at radius 1 is 1.35 bits per heavy atom. The van der Waals surface area contributed by atoms with Gasteiger partial charge in [0.05, 0.1) is 13.7 Å². The van der Waals surface area contributed by atoms with Gasteiger partial charge in [0.25, 0.3) is 0 Å². The van der Waals surface area contributed by atoms with E-state index in [1.807, 2.05) is 32.9 Å². The molecule has 0 aliphatic carbocycles. The van der Waals surface area contributed by atoms with Gasteiger partial charge in [-0.1, -0.05) is 6.07 Å². The van der Waals surface area contributed by atoms with E-state index >= 15 is 0 Å². The molecular formula is C15H26IN5O2. The topological polar surface area (TPSA) is 87.6 Å². The van der Waals surface area contributed by atoms with Crippen molar-refractivity contribution >= 4 is 35.8 Å². The molecule has 0 atom stereocenters. The van der Waals surface area contributed by atoms with Crippen LogP contribution in [0.1, 0.15) is 26.3 Å². The summed E-state index contributed by atoms with van der Waals surface area (Å²) in [5.74, 6) is 1.01. The Morgan fingerprint density at radius 3 is 2.61 bits per heavy atom. The molecule has 0 aliphatic rings. The Bertz CT molecular complexity index is 529. The molecule has 0 saturated heterocycles. The molecule has 0 saturated carbocycles. The summed E-state index contributed by atoms with van der Waals surface area (Å²) in [7, 11) is 3.23. The van der Waals surface area contributed by atoms with Crippen LogP contribution in [0.15, 0.2) is 23.3 Å². The van der Waals surface area contributed by atoms with E-state index in [0.29, 0.717) is 18.4 Å². The van der Waals surface area contributed by atoms with E-state index in [2.05, 4.69) is 25.9 Å². The summed E-state index contributed by atoms with van der Waals surface area (Å²) in [6.07, 6.45) is 1.67. The summed E-state index contributed by atoms with van der Waals surface area (Å²) in [6.45, 7) is 6.46. The summed E-state index contributed by atoms with van der Waals surface area (Å²) < 4.78 is 5.19. The number of aliphatic imine (C=N–C) groups is 1. The molecule has 1 aromatic rings. The standard InChI is InChI=1S/C15H25N5O2.HI/c1-15(2,3)20-12(21)10-19-14(16-4)18-9-11-7-6-8-17-13(11)22-5;/h6-8H,9-10H2,1-5H3,(H,20,21)(H2,16,18,19);1H. The molecule has 1 heterocycles. The Kier molecular flexibility index (Phi) is 9.54. The predicted molar refractivity (Wildman–Crippen MR) is 102 cm³/mol. The molecule has 0 spiro atoms. The Balaban J connectivity index is 0.00000484. The third-order valence-corrected chi connectivity index (χ3v) is 2.64. The molecule has 0 bridgehead atoms. The minimum absolute atomic E-state index is 0. The molecule has 23 heavy (non-hydrogen) atoms. The van der Waals surface area contributed by atoms with E-state index in [-0.39, 0.29) is 42.0 Å². The van der Waals surface area contributed by atoms with Gasteiger partial charge in [-0.25, -0.2) is 4.98 Å². The number of nitrogens with one attached hydrogen (secondary N) is 3. The highest BCUT2D eigenvalue weighted by atomic mass is 127. The van der Waals surface area contributed by atoms with Gasteiger partial charge in [-0.15, -0.1) is 24.0 Å². The average Bonchev–Trinajstić information content (AvgIpc) is 2.46. The van der Waals surface area contributed by atoms with E-state index in [9.17, 15) is 4.79 Å². The lowest BCUT2D eigenvalue weighted by Gasteiger charge is -2.21. The number of rotatable bonds is 5. The average molecular weight is 435 g/mol. The number of amides is 1. The number of carbonyl (C=O) groups excluding carboxylic acids is 1. The van der Waals surface area contributed by atoms with Crippen molar-refractivity contribution in [3.05, 3.63) is 23.9 Å². The zero-order chi connectivity index (χ0) is 16.6. The Labute approximate surface area is 154 Å². The van der Waals surface area contributed by atoms with Crippen molar-refractivity contribution in [1.29, 1.82) is 0 Å². The number of guanidine groups is 1. The maximum atomic E-state index is 11.8. The SMILES string of the molecule is CN=C(NCC(=O)NC(C)(C)C)NCc1cccnc1OC.I. The molecule has 0 aliphatic heterocycles. The summed E-state index contributed by atoms with van der Waals surface area (Å²) in [5.41, 5.74) is 0.658. The molecule has 3 N–H and O–H groups in total. The molecule has 0 aromatic carbocycles. The van der Waals surface area contributed by atoms with Gasteiger partial charge in [0.2, 0.25) is 11.8 Å². The highest BCUT2D eigenvalue weighted by molar-refractivity contribution is 14.0. The minimum atomic E-state index is -0.251. The zero-order valence-electron chi connectivity index (χ0n) is 14.3. The van der Waals surface area contributed by atoms with Gasteiger partial charge in [-0.05, 0) is 26.8 Å². The summed E-state index contributed by atoms with van der Waals surface area (Å²) in [4.78, 5) is 20.0. The van der Waals surface area contributed by atoms with Crippen molar-refractivity contribution in [3.8, 4) is 5.88 Å². The molecule has 0 fully saturated rings. The lowest BCUT2D eigenvalue weighted by Crippen LogP contribution is -2.48. The van der Waals surface area contributed by atoms with Crippen LogP contribution < -0.4 is 20.7 Å². The van der Waals surface area contributed by atoms with Gasteiger partial charge in [0.1, 0.15) is 0 Å². The van der Waals surface area contributed by atoms with Gasteiger partial charge in [0.15, 0.2) is 5.96 Å². The maximum Gasteiger partial charge on any atom is 0.239 e. The van der Waals surface area contributed by atoms with Crippen molar-refractivity contribution in [2.75, 3.05) is 20.7 Å². The Hall–Kier alpha value is -1.58. The molecule has 0 unspecified atom stereocenters. The monoisotopic (exact) mass is 435 g/mol. The van der Waals surface area contributed by atoms with E-state index in [1.165, 1.54) is 0 Å². The lowest BCUT2D eigenvalue weighted by molar-refractivity contribution is -0.121. The minimum Gasteiger partial charge on any atom is -0.481 e. The van der Waals surface area contributed by atoms with Crippen LogP contribution in [0.4, 0.5) is 0 Å². The van der Waals surface area contributed by atoms with E-state index in [1.54, 1.807) is 20.4 Å². The first-order valence-corrected chi connectivity index (χ1v) is 7.09. The second-order valence-electron chi connectivity index (χ2n) is 5.75. The first-order chi connectivity index (χ1) is 10.4. The summed E-state index contributed by atoms with van der Waals surface area (Å²) in [5, 5.41) is 8.96. The molecule has 8 heteroatoms.